The molecule has 1 amide bonds. The van der Waals surface area contributed by atoms with E-state index < -0.39 is 18.6 Å². The molecule has 6 nitrogen and oxygen atoms in total. The van der Waals surface area contributed by atoms with Crippen molar-refractivity contribution in [1.82, 2.24) is 20.0 Å². The zero-order valence-electron chi connectivity index (χ0n) is 16.5. The van der Waals surface area contributed by atoms with Gasteiger partial charge in [-0.1, -0.05) is 30.3 Å². The van der Waals surface area contributed by atoms with Crippen molar-refractivity contribution in [2.24, 2.45) is 0 Å². The Labute approximate surface area is 170 Å². The fourth-order valence-corrected chi connectivity index (χ4v) is 3.13. The molecular formula is C21H21F3N4O2. The van der Waals surface area contributed by atoms with Gasteiger partial charge in [-0.15, -0.1) is 0 Å². The summed E-state index contributed by atoms with van der Waals surface area (Å²) in [5, 5.41) is 7.64. The number of carbonyl (C=O) groups is 1. The van der Waals surface area contributed by atoms with E-state index in [1.165, 1.54) is 16.8 Å². The van der Waals surface area contributed by atoms with Crippen LogP contribution in [0.3, 0.4) is 0 Å². The maximum absolute atomic E-state index is 12.7. The van der Waals surface area contributed by atoms with Gasteiger partial charge < -0.3 is 5.32 Å². The van der Waals surface area contributed by atoms with E-state index in [0.29, 0.717) is 11.9 Å². The number of carbonyl (C=O) groups excluding carboxylic acids is 1. The highest BCUT2D eigenvalue weighted by Crippen LogP contribution is 2.14. The molecule has 0 atom stereocenters. The van der Waals surface area contributed by atoms with Gasteiger partial charge in [-0.3, -0.25) is 14.5 Å². The maximum Gasteiger partial charge on any atom is 0.405 e. The molecule has 1 heterocycles. The first-order valence-electron chi connectivity index (χ1n) is 9.23. The molecule has 9 heteroatoms. The molecule has 0 fully saturated rings. The third kappa shape index (κ3) is 5.24. The van der Waals surface area contributed by atoms with Gasteiger partial charge in [-0.2, -0.15) is 18.3 Å². The predicted molar refractivity (Wildman–Crippen MR) is 107 cm³/mol. The number of hydrogen-bond donors (Lipinski definition) is 1. The summed E-state index contributed by atoms with van der Waals surface area (Å²) in [7, 11) is 1.82. The Balaban J connectivity index is 1.66. The van der Waals surface area contributed by atoms with E-state index >= 15 is 0 Å². The number of aromatic nitrogens is 2. The first kappa shape index (κ1) is 21.5. The van der Waals surface area contributed by atoms with Gasteiger partial charge in [-0.05, 0) is 37.7 Å². The molecule has 0 saturated heterocycles. The molecule has 3 aromatic rings. The molecule has 3 rings (SSSR count). The third-order valence-corrected chi connectivity index (χ3v) is 4.55. The Hall–Kier alpha value is -3.20. The largest absolute Gasteiger partial charge is 0.405 e. The Morgan fingerprint density at radius 1 is 1.10 bits per heavy atom. The second-order valence-corrected chi connectivity index (χ2v) is 7.09. The lowest BCUT2D eigenvalue weighted by Crippen LogP contribution is -2.33. The fraction of sp³-hybridized carbons (Fsp3) is 0.286. The molecule has 0 aliphatic rings. The second kappa shape index (κ2) is 8.66. The van der Waals surface area contributed by atoms with Crippen LogP contribution < -0.4 is 10.9 Å². The van der Waals surface area contributed by atoms with E-state index in [1.54, 1.807) is 18.2 Å². The molecule has 1 aromatic heterocycles. The van der Waals surface area contributed by atoms with E-state index in [0.717, 1.165) is 16.6 Å². The Morgan fingerprint density at radius 2 is 1.73 bits per heavy atom. The first-order valence-corrected chi connectivity index (χ1v) is 9.23. The smallest absolute Gasteiger partial charge is 0.343 e. The lowest BCUT2D eigenvalue weighted by atomic mass is 10.1. The monoisotopic (exact) mass is 418 g/mol. The Bertz CT molecular complexity index is 1110. The van der Waals surface area contributed by atoms with Crippen molar-refractivity contribution in [2.75, 3.05) is 13.6 Å². The zero-order chi connectivity index (χ0) is 21.9. The highest BCUT2D eigenvalue weighted by molar-refractivity contribution is 5.94. The van der Waals surface area contributed by atoms with Gasteiger partial charge in [0.15, 0.2) is 0 Å². The summed E-state index contributed by atoms with van der Waals surface area (Å²) in [6.07, 6.45) is -4.45. The van der Waals surface area contributed by atoms with Gasteiger partial charge in [0.1, 0.15) is 6.54 Å². The average molecular weight is 418 g/mol. The summed E-state index contributed by atoms with van der Waals surface area (Å²) >= 11 is 0. The van der Waals surface area contributed by atoms with Crippen LogP contribution in [0.15, 0.2) is 53.3 Å². The minimum absolute atomic E-state index is 0.147. The van der Waals surface area contributed by atoms with E-state index in [9.17, 15) is 22.8 Å². The van der Waals surface area contributed by atoms with Crippen LogP contribution >= 0.6 is 0 Å². The molecule has 1 N–H and O–H groups in total. The molecule has 158 valence electrons. The van der Waals surface area contributed by atoms with Crippen LogP contribution in [-0.2, 0) is 13.2 Å². The summed E-state index contributed by atoms with van der Waals surface area (Å²) in [4.78, 5) is 26.3. The number of alkyl halides is 3. The first-order chi connectivity index (χ1) is 14.1. The van der Waals surface area contributed by atoms with Crippen molar-refractivity contribution < 1.29 is 18.0 Å². The number of hydrogen-bond acceptors (Lipinski definition) is 4. The molecule has 0 aliphatic heterocycles. The van der Waals surface area contributed by atoms with Gasteiger partial charge in [0.2, 0.25) is 0 Å². The summed E-state index contributed by atoms with van der Waals surface area (Å²) in [5.74, 6) is -0.783. The van der Waals surface area contributed by atoms with E-state index in [2.05, 4.69) is 5.10 Å². The van der Waals surface area contributed by atoms with Crippen LogP contribution in [0, 0.1) is 6.92 Å². The standard InChI is InChI=1S/C21H21F3N4O2/c1-14-17-5-3-4-6-18(17)20(30)28(26-14)13-27(2)11-15-7-9-16(10-8-15)19(29)25-12-21(22,23)24/h3-10H,11-13H2,1-2H3,(H,25,29). The van der Waals surface area contributed by atoms with E-state index in [4.69, 9.17) is 0 Å². The van der Waals surface area contributed by atoms with Crippen molar-refractivity contribution in [3.63, 3.8) is 0 Å². The summed E-state index contributed by atoms with van der Waals surface area (Å²) in [5.41, 5.74) is 1.57. The van der Waals surface area contributed by atoms with Crippen LogP contribution in [0.2, 0.25) is 0 Å². The number of benzene rings is 2. The number of halogens is 3. The lowest BCUT2D eigenvalue weighted by molar-refractivity contribution is -0.123. The number of nitrogens with zero attached hydrogens (tertiary/aromatic N) is 3. The summed E-state index contributed by atoms with van der Waals surface area (Å²) < 4.78 is 38.0. The fourth-order valence-electron chi connectivity index (χ4n) is 3.13. The van der Waals surface area contributed by atoms with Crippen molar-refractivity contribution in [3.8, 4) is 0 Å². The van der Waals surface area contributed by atoms with Crippen LogP contribution in [-0.4, -0.2) is 40.4 Å². The molecule has 0 spiro atoms. The average Bonchev–Trinajstić information content (AvgIpc) is 2.70. The quantitative estimate of drug-likeness (QED) is 0.668. The van der Waals surface area contributed by atoms with Crippen molar-refractivity contribution >= 4 is 16.7 Å². The predicted octanol–water partition coefficient (Wildman–Crippen LogP) is 3.09. The second-order valence-electron chi connectivity index (χ2n) is 7.09. The van der Waals surface area contributed by atoms with Crippen molar-refractivity contribution in [1.29, 1.82) is 0 Å². The minimum Gasteiger partial charge on any atom is -0.343 e. The molecule has 0 bridgehead atoms. The number of fused-ring (bicyclic) bond motifs is 1. The van der Waals surface area contributed by atoms with Crippen molar-refractivity contribution in [3.05, 3.63) is 75.7 Å². The number of amides is 1. The summed E-state index contributed by atoms with van der Waals surface area (Å²) in [6, 6.07) is 13.6. The minimum atomic E-state index is -4.45. The molecule has 0 saturated carbocycles. The third-order valence-electron chi connectivity index (χ3n) is 4.55. The Kier molecular flexibility index (Phi) is 6.21. The van der Waals surface area contributed by atoms with Gasteiger partial charge >= 0.3 is 6.18 Å². The van der Waals surface area contributed by atoms with Crippen molar-refractivity contribution in [2.45, 2.75) is 26.3 Å². The highest BCUT2D eigenvalue weighted by atomic mass is 19.4. The van der Waals surface area contributed by atoms with Crippen LogP contribution in [0.1, 0.15) is 21.6 Å². The zero-order valence-corrected chi connectivity index (χ0v) is 16.5. The Morgan fingerprint density at radius 3 is 2.37 bits per heavy atom. The van der Waals surface area contributed by atoms with Gasteiger partial charge in [-0.25, -0.2) is 4.68 Å². The maximum atomic E-state index is 12.7. The molecule has 2 aromatic carbocycles. The number of aryl methyl sites for hydroxylation is 1. The van der Waals surface area contributed by atoms with Gasteiger partial charge in [0.25, 0.3) is 11.5 Å². The topological polar surface area (TPSA) is 67.2 Å². The lowest BCUT2D eigenvalue weighted by Gasteiger charge is -2.18. The molecule has 0 aliphatic carbocycles. The van der Waals surface area contributed by atoms with Gasteiger partial charge in [0, 0.05) is 17.5 Å². The number of nitrogens with one attached hydrogen (secondary N) is 1. The molecule has 30 heavy (non-hydrogen) atoms. The van der Waals surface area contributed by atoms with E-state index in [1.807, 2.05) is 42.4 Å². The number of rotatable bonds is 6. The van der Waals surface area contributed by atoms with E-state index in [-0.39, 0.29) is 17.8 Å². The van der Waals surface area contributed by atoms with Crippen LogP contribution in [0.5, 0.6) is 0 Å². The molecule has 0 unspecified atom stereocenters. The highest BCUT2D eigenvalue weighted by Gasteiger charge is 2.27. The molecule has 0 radical (unpaired) electrons. The van der Waals surface area contributed by atoms with Gasteiger partial charge in [0.05, 0.1) is 17.7 Å². The molecular weight excluding hydrogens is 397 g/mol. The van der Waals surface area contributed by atoms with Crippen LogP contribution in [0.25, 0.3) is 10.8 Å². The SMILES string of the molecule is Cc1nn(CN(C)Cc2ccc(C(=O)NCC(F)(F)F)cc2)c(=O)c2ccccc12. The van der Waals surface area contributed by atoms with Crippen LogP contribution in [0.4, 0.5) is 13.2 Å². The normalized spacial score (nSPS) is 11.8. The summed E-state index contributed by atoms with van der Waals surface area (Å²) in [6.45, 7) is 1.20.